The average molecular weight is 378 g/mol. The molecule has 1 aliphatic rings. The number of carbonyl (C=O) groups excluding carboxylic acids is 2. The van der Waals surface area contributed by atoms with E-state index >= 15 is 0 Å². The van der Waals surface area contributed by atoms with Crippen molar-refractivity contribution in [3.05, 3.63) is 57.4 Å². The average Bonchev–Trinajstić information content (AvgIpc) is 2.93. The molecule has 1 aliphatic carbocycles. The molecule has 1 N–H and O–H groups in total. The lowest BCUT2D eigenvalue weighted by Gasteiger charge is -2.22. The number of hydrogen-bond acceptors (Lipinski definition) is 4. The van der Waals surface area contributed by atoms with Gasteiger partial charge in [-0.2, -0.15) is 11.8 Å². The zero-order valence-electron chi connectivity index (χ0n) is 14.2. The SMILES string of the molecule is CSCCOC(=O)c1[nH]c2c(c1C)C(=O)C[C@H](c1ccc(Cl)cc1)C2. The summed E-state index contributed by atoms with van der Waals surface area (Å²) >= 11 is 7.56. The molecule has 1 atom stereocenters. The molecule has 6 heteroatoms. The molecule has 25 heavy (non-hydrogen) atoms. The van der Waals surface area contributed by atoms with E-state index in [1.165, 1.54) is 0 Å². The molecule has 1 aromatic heterocycles. The molecule has 2 aromatic rings. The van der Waals surface area contributed by atoms with Gasteiger partial charge in [0.15, 0.2) is 5.78 Å². The quantitative estimate of drug-likeness (QED) is 0.619. The molecule has 0 saturated carbocycles. The third-order valence-corrected chi connectivity index (χ3v) is 5.38. The first kappa shape index (κ1) is 18.1. The van der Waals surface area contributed by atoms with Gasteiger partial charge in [0.05, 0.1) is 0 Å². The van der Waals surface area contributed by atoms with Crippen molar-refractivity contribution in [2.24, 2.45) is 0 Å². The van der Waals surface area contributed by atoms with Gasteiger partial charge in [0.1, 0.15) is 12.3 Å². The summed E-state index contributed by atoms with van der Waals surface area (Å²) < 4.78 is 5.27. The lowest BCUT2D eigenvalue weighted by molar-refractivity contribution is 0.0523. The maximum atomic E-state index is 12.7. The van der Waals surface area contributed by atoms with Crippen molar-refractivity contribution in [1.29, 1.82) is 0 Å². The topological polar surface area (TPSA) is 59.2 Å². The van der Waals surface area contributed by atoms with Gasteiger partial charge in [0, 0.05) is 28.5 Å². The van der Waals surface area contributed by atoms with Crippen molar-refractivity contribution in [2.75, 3.05) is 18.6 Å². The van der Waals surface area contributed by atoms with Crippen molar-refractivity contribution in [1.82, 2.24) is 4.98 Å². The van der Waals surface area contributed by atoms with E-state index in [9.17, 15) is 9.59 Å². The van der Waals surface area contributed by atoms with Crippen LogP contribution >= 0.6 is 23.4 Å². The van der Waals surface area contributed by atoms with Crippen LogP contribution in [0.5, 0.6) is 0 Å². The van der Waals surface area contributed by atoms with Crippen LogP contribution < -0.4 is 0 Å². The largest absolute Gasteiger partial charge is 0.460 e. The van der Waals surface area contributed by atoms with E-state index < -0.39 is 5.97 Å². The molecule has 0 fully saturated rings. The van der Waals surface area contributed by atoms with E-state index in [0.717, 1.165) is 17.0 Å². The first-order valence-electron chi connectivity index (χ1n) is 8.17. The number of hydrogen-bond donors (Lipinski definition) is 1. The second-order valence-electron chi connectivity index (χ2n) is 6.19. The summed E-state index contributed by atoms with van der Waals surface area (Å²) in [4.78, 5) is 28.1. The number of aromatic nitrogens is 1. The summed E-state index contributed by atoms with van der Waals surface area (Å²) in [5.74, 6) is 0.522. The predicted octanol–water partition coefficient (Wildman–Crippen LogP) is 4.41. The monoisotopic (exact) mass is 377 g/mol. The lowest BCUT2D eigenvalue weighted by atomic mass is 9.81. The number of ether oxygens (including phenoxy) is 1. The number of H-pyrrole nitrogens is 1. The van der Waals surface area contributed by atoms with Crippen LogP contribution in [0.15, 0.2) is 24.3 Å². The van der Waals surface area contributed by atoms with Gasteiger partial charge in [-0.15, -0.1) is 0 Å². The van der Waals surface area contributed by atoms with E-state index in [4.69, 9.17) is 16.3 Å². The van der Waals surface area contributed by atoms with Crippen molar-refractivity contribution >= 4 is 35.1 Å². The number of thioether (sulfide) groups is 1. The Kier molecular flexibility index (Phi) is 5.54. The highest BCUT2D eigenvalue weighted by atomic mass is 35.5. The Hall–Kier alpha value is -1.72. The number of aromatic amines is 1. The molecule has 0 amide bonds. The Balaban J connectivity index is 1.84. The summed E-state index contributed by atoms with van der Waals surface area (Å²) in [6.07, 6.45) is 3.10. The van der Waals surface area contributed by atoms with E-state index in [-0.39, 0.29) is 11.7 Å². The van der Waals surface area contributed by atoms with Crippen LogP contribution in [0.4, 0.5) is 0 Å². The minimum atomic E-state index is -0.392. The number of halogens is 1. The van der Waals surface area contributed by atoms with Gasteiger partial charge < -0.3 is 9.72 Å². The standard InChI is InChI=1S/C19H20ClNO3S/c1-11-17-15(21-18(11)19(23)24-7-8-25-2)9-13(10-16(17)22)12-3-5-14(20)6-4-12/h3-6,13,21H,7-10H2,1-2H3/t13-/m1/s1. The highest BCUT2D eigenvalue weighted by molar-refractivity contribution is 7.98. The van der Waals surface area contributed by atoms with Crippen LogP contribution in [-0.4, -0.2) is 35.4 Å². The van der Waals surface area contributed by atoms with Crippen LogP contribution in [0.3, 0.4) is 0 Å². The molecule has 4 nitrogen and oxygen atoms in total. The molecular weight excluding hydrogens is 358 g/mol. The summed E-state index contributed by atoms with van der Waals surface area (Å²) in [7, 11) is 0. The Morgan fingerprint density at radius 3 is 2.72 bits per heavy atom. The Morgan fingerprint density at radius 1 is 1.32 bits per heavy atom. The Labute approximate surface area is 156 Å². The van der Waals surface area contributed by atoms with Gasteiger partial charge >= 0.3 is 5.97 Å². The van der Waals surface area contributed by atoms with Crippen LogP contribution in [0, 0.1) is 6.92 Å². The highest BCUT2D eigenvalue weighted by Gasteiger charge is 2.32. The fourth-order valence-corrected chi connectivity index (χ4v) is 3.67. The zero-order chi connectivity index (χ0) is 18.0. The summed E-state index contributed by atoms with van der Waals surface area (Å²) in [6, 6.07) is 7.59. The first-order chi connectivity index (χ1) is 12.0. The fraction of sp³-hybridized carbons (Fsp3) is 0.368. The van der Waals surface area contributed by atoms with Crippen LogP contribution in [0.2, 0.25) is 5.02 Å². The molecule has 1 heterocycles. The molecule has 0 spiro atoms. The van der Waals surface area contributed by atoms with Gasteiger partial charge in [-0.05, 0) is 48.8 Å². The third-order valence-electron chi connectivity index (χ3n) is 4.55. The number of ketones is 1. The molecule has 0 aliphatic heterocycles. The van der Waals surface area contributed by atoms with E-state index in [2.05, 4.69) is 4.98 Å². The number of esters is 1. The predicted molar refractivity (Wildman–Crippen MR) is 101 cm³/mol. The van der Waals surface area contributed by atoms with Crippen molar-refractivity contribution in [3.8, 4) is 0 Å². The first-order valence-corrected chi connectivity index (χ1v) is 9.94. The second kappa shape index (κ2) is 7.67. The molecule has 0 unspecified atom stereocenters. The van der Waals surface area contributed by atoms with Crippen molar-refractivity contribution in [3.63, 3.8) is 0 Å². The fourth-order valence-electron chi connectivity index (χ4n) is 3.30. The van der Waals surface area contributed by atoms with Gasteiger partial charge in [-0.3, -0.25) is 4.79 Å². The number of rotatable bonds is 5. The summed E-state index contributed by atoms with van der Waals surface area (Å²) in [6.45, 7) is 2.17. The number of benzene rings is 1. The molecule has 0 saturated heterocycles. The van der Waals surface area contributed by atoms with E-state index in [1.54, 1.807) is 18.7 Å². The minimum Gasteiger partial charge on any atom is -0.460 e. The zero-order valence-corrected chi connectivity index (χ0v) is 15.8. The van der Waals surface area contributed by atoms with Crippen LogP contribution in [0.1, 0.15) is 50.0 Å². The van der Waals surface area contributed by atoms with Gasteiger partial charge in [0.2, 0.25) is 0 Å². The van der Waals surface area contributed by atoms with Gasteiger partial charge in [-0.25, -0.2) is 4.79 Å². The summed E-state index contributed by atoms with van der Waals surface area (Å²) in [5, 5.41) is 0.678. The maximum Gasteiger partial charge on any atom is 0.355 e. The molecule has 0 radical (unpaired) electrons. The van der Waals surface area contributed by atoms with Crippen LogP contribution in [-0.2, 0) is 11.2 Å². The number of carbonyl (C=O) groups is 2. The van der Waals surface area contributed by atoms with Crippen molar-refractivity contribution in [2.45, 2.75) is 25.7 Å². The highest BCUT2D eigenvalue weighted by Crippen LogP contribution is 2.35. The maximum absolute atomic E-state index is 12.7. The smallest absolute Gasteiger partial charge is 0.355 e. The Morgan fingerprint density at radius 2 is 2.04 bits per heavy atom. The van der Waals surface area contributed by atoms with Gasteiger partial charge in [0.25, 0.3) is 0 Å². The number of nitrogens with one attached hydrogen (secondary N) is 1. The van der Waals surface area contributed by atoms with E-state index in [0.29, 0.717) is 41.3 Å². The number of Topliss-reactive ketones (excluding diaryl/α,β-unsaturated/α-hetero) is 1. The molecule has 132 valence electrons. The van der Waals surface area contributed by atoms with Gasteiger partial charge in [-0.1, -0.05) is 23.7 Å². The van der Waals surface area contributed by atoms with Crippen LogP contribution in [0.25, 0.3) is 0 Å². The summed E-state index contributed by atoms with van der Waals surface area (Å²) in [5.41, 5.74) is 3.66. The third kappa shape index (κ3) is 3.77. The molecule has 1 aromatic carbocycles. The molecular formula is C19H20ClNO3S. The number of fused-ring (bicyclic) bond motifs is 1. The lowest BCUT2D eigenvalue weighted by Crippen LogP contribution is -2.18. The minimum absolute atomic E-state index is 0.0677. The normalized spacial score (nSPS) is 16.6. The van der Waals surface area contributed by atoms with Crippen molar-refractivity contribution < 1.29 is 14.3 Å². The Bertz CT molecular complexity index is 798. The van der Waals surface area contributed by atoms with E-state index in [1.807, 2.05) is 30.5 Å². The molecule has 3 rings (SSSR count). The second-order valence-corrected chi connectivity index (χ2v) is 7.61. The molecule has 0 bridgehead atoms.